The van der Waals surface area contributed by atoms with Crippen LogP contribution in [0.3, 0.4) is 0 Å². The van der Waals surface area contributed by atoms with Crippen molar-refractivity contribution in [2.75, 3.05) is 33.0 Å². The molecule has 0 spiro atoms. The first-order valence-electron chi connectivity index (χ1n) is 6.91. The second kappa shape index (κ2) is 10.0. The minimum atomic E-state index is -0.724. The molecule has 0 aliphatic carbocycles. The van der Waals surface area contributed by atoms with Crippen molar-refractivity contribution in [3.63, 3.8) is 0 Å². The van der Waals surface area contributed by atoms with Crippen molar-refractivity contribution >= 4 is 5.97 Å². The molecular formula is C15H22O6. The van der Waals surface area contributed by atoms with Crippen LogP contribution >= 0.6 is 0 Å². The highest BCUT2D eigenvalue weighted by molar-refractivity contribution is 5.74. The number of carbonyl (C=O) groups is 1. The number of carbonyl (C=O) groups excluding carboxylic acids is 1. The Hall–Kier alpha value is -1.79. The number of phenols is 1. The fraction of sp³-hybridized carbons (Fsp3) is 0.533. The SMILES string of the molecule is CCOCCOCCOC(=O)C(C)Oc1ccc(O)cc1. The number of hydrogen-bond acceptors (Lipinski definition) is 6. The molecule has 21 heavy (non-hydrogen) atoms. The number of hydrogen-bond donors (Lipinski definition) is 1. The molecule has 1 aromatic rings. The number of aromatic hydroxyl groups is 1. The van der Waals surface area contributed by atoms with Crippen molar-refractivity contribution in [3.8, 4) is 11.5 Å². The standard InChI is InChI=1S/C15H22O6/c1-3-18-8-9-19-10-11-20-15(17)12(2)21-14-6-4-13(16)5-7-14/h4-7,12,16H,3,8-11H2,1-2H3. The monoisotopic (exact) mass is 298 g/mol. The summed E-state index contributed by atoms with van der Waals surface area (Å²) in [6.07, 6.45) is -0.724. The van der Waals surface area contributed by atoms with Gasteiger partial charge in [-0.3, -0.25) is 0 Å². The fourth-order valence-electron chi connectivity index (χ4n) is 1.46. The van der Waals surface area contributed by atoms with Gasteiger partial charge < -0.3 is 24.1 Å². The minimum absolute atomic E-state index is 0.141. The maximum atomic E-state index is 11.7. The topological polar surface area (TPSA) is 74.2 Å². The Bertz CT molecular complexity index is 403. The third-order valence-corrected chi connectivity index (χ3v) is 2.53. The van der Waals surface area contributed by atoms with Crippen LogP contribution in [0.25, 0.3) is 0 Å². The first-order valence-corrected chi connectivity index (χ1v) is 6.91. The Morgan fingerprint density at radius 1 is 1.10 bits per heavy atom. The molecule has 0 saturated carbocycles. The largest absolute Gasteiger partial charge is 0.508 e. The summed E-state index contributed by atoms with van der Waals surface area (Å²) < 4.78 is 20.8. The van der Waals surface area contributed by atoms with Gasteiger partial charge in [0.05, 0.1) is 19.8 Å². The lowest BCUT2D eigenvalue weighted by Crippen LogP contribution is -2.27. The quantitative estimate of drug-likeness (QED) is 0.524. The number of esters is 1. The summed E-state index contributed by atoms with van der Waals surface area (Å²) in [6.45, 7) is 5.68. The minimum Gasteiger partial charge on any atom is -0.508 e. The summed E-state index contributed by atoms with van der Waals surface area (Å²) in [5.74, 6) is 0.170. The Balaban J connectivity index is 2.15. The van der Waals surface area contributed by atoms with Gasteiger partial charge in [-0.1, -0.05) is 0 Å². The van der Waals surface area contributed by atoms with E-state index in [2.05, 4.69) is 0 Å². The van der Waals surface area contributed by atoms with Gasteiger partial charge in [0.25, 0.3) is 0 Å². The maximum absolute atomic E-state index is 11.7. The molecule has 1 unspecified atom stereocenters. The third kappa shape index (κ3) is 7.53. The van der Waals surface area contributed by atoms with Crippen LogP contribution in [0, 0.1) is 0 Å². The van der Waals surface area contributed by atoms with E-state index >= 15 is 0 Å². The average molecular weight is 298 g/mol. The molecule has 0 saturated heterocycles. The molecule has 0 aromatic heterocycles. The van der Waals surface area contributed by atoms with Crippen LogP contribution in [0.5, 0.6) is 11.5 Å². The summed E-state index contributed by atoms with van der Waals surface area (Å²) in [5.41, 5.74) is 0. The van der Waals surface area contributed by atoms with Gasteiger partial charge in [0.2, 0.25) is 0 Å². The van der Waals surface area contributed by atoms with Crippen LogP contribution in [0.1, 0.15) is 13.8 Å². The molecular weight excluding hydrogens is 276 g/mol. The molecule has 0 amide bonds. The molecule has 0 aliphatic rings. The van der Waals surface area contributed by atoms with Crippen LogP contribution in [0.15, 0.2) is 24.3 Å². The van der Waals surface area contributed by atoms with Crippen molar-refractivity contribution in [2.45, 2.75) is 20.0 Å². The third-order valence-electron chi connectivity index (χ3n) is 2.53. The predicted molar refractivity (Wildman–Crippen MR) is 76.5 cm³/mol. The van der Waals surface area contributed by atoms with Gasteiger partial charge in [-0.2, -0.15) is 0 Å². The lowest BCUT2D eigenvalue weighted by Gasteiger charge is -2.14. The summed E-state index contributed by atoms with van der Waals surface area (Å²) >= 11 is 0. The lowest BCUT2D eigenvalue weighted by atomic mass is 10.3. The van der Waals surface area contributed by atoms with Gasteiger partial charge in [-0.15, -0.1) is 0 Å². The second-order valence-electron chi connectivity index (χ2n) is 4.23. The van der Waals surface area contributed by atoms with E-state index in [0.29, 0.717) is 32.2 Å². The van der Waals surface area contributed by atoms with Crippen LogP contribution < -0.4 is 4.74 Å². The number of rotatable bonds is 10. The normalized spacial score (nSPS) is 11.9. The molecule has 0 bridgehead atoms. The molecule has 6 heteroatoms. The van der Waals surface area contributed by atoms with Gasteiger partial charge in [0.1, 0.15) is 18.1 Å². The van der Waals surface area contributed by atoms with Crippen molar-refractivity contribution in [1.82, 2.24) is 0 Å². The molecule has 118 valence electrons. The van der Waals surface area contributed by atoms with Crippen LogP contribution in [-0.2, 0) is 19.0 Å². The fourth-order valence-corrected chi connectivity index (χ4v) is 1.46. The molecule has 0 heterocycles. The molecule has 6 nitrogen and oxygen atoms in total. The Labute approximate surface area is 124 Å². The lowest BCUT2D eigenvalue weighted by molar-refractivity contribution is -0.152. The zero-order valence-electron chi connectivity index (χ0n) is 12.4. The van der Waals surface area contributed by atoms with E-state index in [4.69, 9.17) is 24.1 Å². The van der Waals surface area contributed by atoms with E-state index in [1.807, 2.05) is 6.92 Å². The number of ether oxygens (including phenoxy) is 4. The number of phenolic OH excluding ortho intramolecular Hbond substituents is 1. The second-order valence-corrected chi connectivity index (χ2v) is 4.23. The van der Waals surface area contributed by atoms with Crippen LogP contribution in [-0.4, -0.2) is 50.2 Å². The zero-order chi connectivity index (χ0) is 15.5. The highest BCUT2D eigenvalue weighted by Crippen LogP contribution is 2.17. The van der Waals surface area contributed by atoms with Gasteiger partial charge >= 0.3 is 5.97 Å². The van der Waals surface area contributed by atoms with E-state index in [0.717, 1.165) is 0 Å². The van der Waals surface area contributed by atoms with Crippen molar-refractivity contribution < 1.29 is 28.8 Å². The van der Waals surface area contributed by atoms with Crippen LogP contribution in [0.2, 0.25) is 0 Å². The van der Waals surface area contributed by atoms with E-state index in [9.17, 15) is 4.79 Å². The predicted octanol–water partition coefficient (Wildman–Crippen LogP) is 1.76. The van der Waals surface area contributed by atoms with E-state index < -0.39 is 12.1 Å². The van der Waals surface area contributed by atoms with Gasteiger partial charge in [0.15, 0.2) is 6.10 Å². The molecule has 0 aliphatic heterocycles. The molecule has 0 fully saturated rings. The molecule has 1 N–H and O–H groups in total. The number of benzene rings is 1. The first kappa shape index (κ1) is 17.3. The summed E-state index contributed by atoms with van der Waals surface area (Å²) in [4.78, 5) is 11.7. The van der Waals surface area contributed by atoms with Crippen molar-refractivity contribution in [1.29, 1.82) is 0 Å². The van der Waals surface area contributed by atoms with E-state index in [1.165, 1.54) is 12.1 Å². The molecule has 1 aromatic carbocycles. The zero-order valence-corrected chi connectivity index (χ0v) is 12.4. The first-order chi connectivity index (χ1) is 10.1. The summed E-state index contributed by atoms with van der Waals surface area (Å²) in [7, 11) is 0. The Morgan fingerprint density at radius 3 is 2.38 bits per heavy atom. The smallest absolute Gasteiger partial charge is 0.347 e. The molecule has 0 radical (unpaired) electrons. The maximum Gasteiger partial charge on any atom is 0.347 e. The van der Waals surface area contributed by atoms with Gasteiger partial charge in [-0.25, -0.2) is 4.79 Å². The van der Waals surface area contributed by atoms with Crippen molar-refractivity contribution in [2.24, 2.45) is 0 Å². The molecule has 1 atom stereocenters. The highest BCUT2D eigenvalue weighted by Gasteiger charge is 2.16. The average Bonchev–Trinajstić information content (AvgIpc) is 2.48. The van der Waals surface area contributed by atoms with Gasteiger partial charge in [0, 0.05) is 6.61 Å². The van der Waals surface area contributed by atoms with Gasteiger partial charge in [-0.05, 0) is 38.1 Å². The van der Waals surface area contributed by atoms with Crippen LogP contribution in [0.4, 0.5) is 0 Å². The summed E-state index contributed by atoms with van der Waals surface area (Å²) in [6, 6.07) is 6.13. The van der Waals surface area contributed by atoms with Crippen molar-refractivity contribution in [3.05, 3.63) is 24.3 Å². The molecule has 1 rings (SSSR count). The Kier molecular flexibility index (Phi) is 8.23. The van der Waals surface area contributed by atoms with E-state index in [-0.39, 0.29) is 12.4 Å². The Morgan fingerprint density at radius 2 is 1.71 bits per heavy atom. The summed E-state index contributed by atoms with van der Waals surface area (Å²) in [5, 5.41) is 9.15. The highest BCUT2D eigenvalue weighted by atomic mass is 16.6. The van der Waals surface area contributed by atoms with E-state index in [1.54, 1.807) is 19.1 Å².